The van der Waals surface area contributed by atoms with E-state index < -0.39 is 12.1 Å². The number of amides is 3. The molecule has 37 heavy (non-hydrogen) atoms. The van der Waals surface area contributed by atoms with Crippen molar-refractivity contribution in [3.8, 4) is 0 Å². The van der Waals surface area contributed by atoms with Crippen molar-refractivity contribution in [2.45, 2.75) is 70.5 Å². The number of benzene rings is 2. The molecule has 1 aliphatic rings. The number of nitrogens with two attached hydrogens (primary N) is 1. The molecular formula is C29H37N5O3. The standard InChI is InChI=1S/C29H37N5O3/c1-18-7-3-4-8-20-10-12-24-22(15-20)23-16-21(11-13-25(23)33-24)17-27(32-19(2)35)29(37)34-26(28(36)31-18)9-5-6-14-30/h3-4,10-13,15-16,18,26-27,33H,5-9,14,17,30H2,1-2H3,(H,31,36)(H,32,35)(H,34,37)/t18-,26+,27?/m1/s1. The zero-order valence-electron chi connectivity index (χ0n) is 21.6. The molecule has 1 unspecified atom stereocenters. The number of allylic oxidation sites excluding steroid dienone is 1. The highest BCUT2D eigenvalue weighted by Gasteiger charge is 2.27. The maximum Gasteiger partial charge on any atom is 0.243 e. The molecule has 0 fully saturated rings. The summed E-state index contributed by atoms with van der Waals surface area (Å²) in [4.78, 5) is 41.9. The van der Waals surface area contributed by atoms with E-state index in [1.165, 1.54) is 12.5 Å². The van der Waals surface area contributed by atoms with Crippen LogP contribution < -0.4 is 21.7 Å². The summed E-state index contributed by atoms with van der Waals surface area (Å²) in [6.45, 7) is 3.87. The number of carbonyl (C=O) groups is 3. The largest absolute Gasteiger partial charge is 0.355 e. The molecule has 4 rings (SSSR count). The SMILES string of the molecule is CC(=O)NC1Cc2ccc3[nH]c4ccc(cc4c3c2)CC=CC[C@@H](C)NC(=O)[C@H](CCCCN)NC1=O. The first-order valence-corrected chi connectivity index (χ1v) is 13.1. The monoisotopic (exact) mass is 503 g/mol. The third-order valence-corrected chi connectivity index (χ3v) is 6.84. The van der Waals surface area contributed by atoms with E-state index in [2.05, 4.69) is 57.4 Å². The van der Waals surface area contributed by atoms with Gasteiger partial charge in [-0.05, 0) is 81.0 Å². The van der Waals surface area contributed by atoms with Gasteiger partial charge in [-0.2, -0.15) is 0 Å². The number of aromatic nitrogens is 1. The zero-order chi connectivity index (χ0) is 26.4. The average Bonchev–Trinajstić information content (AvgIpc) is 3.22. The number of hydrogen-bond acceptors (Lipinski definition) is 4. The van der Waals surface area contributed by atoms with Crippen molar-refractivity contribution in [1.29, 1.82) is 0 Å². The van der Waals surface area contributed by atoms with E-state index in [0.29, 0.717) is 32.2 Å². The second-order valence-corrected chi connectivity index (χ2v) is 10.0. The van der Waals surface area contributed by atoms with Gasteiger partial charge in [-0.25, -0.2) is 0 Å². The molecule has 3 aromatic rings. The normalized spacial score (nSPS) is 21.2. The Hall–Kier alpha value is -3.65. The van der Waals surface area contributed by atoms with Gasteiger partial charge in [0.1, 0.15) is 12.1 Å². The van der Waals surface area contributed by atoms with Crippen molar-refractivity contribution in [2.75, 3.05) is 6.54 Å². The summed E-state index contributed by atoms with van der Waals surface area (Å²) in [6, 6.07) is 10.9. The Morgan fingerprint density at radius 3 is 2.38 bits per heavy atom. The van der Waals surface area contributed by atoms with Crippen LogP contribution in [0.5, 0.6) is 0 Å². The van der Waals surface area contributed by atoms with E-state index in [1.54, 1.807) is 0 Å². The van der Waals surface area contributed by atoms with E-state index in [-0.39, 0.29) is 23.8 Å². The number of rotatable bonds is 5. The molecule has 0 spiro atoms. The van der Waals surface area contributed by atoms with Crippen molar-refractivity contribution < 1.29 is 14.4 Å². The topological polar surface area (TPSA) is 129 Å². The Morgan fingerprint density at radius 1 is 0.973 bits per heavy atom. The van der Waals surface area contributed by atoms with Gasteiger partial charge in [-0.15, -0.1) is 0 Å². The molecule has 2 aromatic carbocycles. The number of H-pyrrole nitrogens is 1. The summed E-state index contributed by atoms with van der Waals surface area (Å²) in [5.41, 5.74) is 9.84. The highest BCUT2D eigenvalue weighted by Crippen LogP contribution is 2.28. The summed E-state index contributed by atoms with van der Waals surface area (Å²) in [5, 5.41) is 10.9. The molecule has 3 atom stereocenters. The number of hydrogen-bond donors (Lipinski definition) is 5. The minimum absolute atomic E-state index is 0.0886. The van der Waals surface area contributed by atoms with Gasteiger partial charge in [0.05, 0.1) is 0 Å². The Balaban J connectivity index is 1.71. The summed E-state index contributed by atoms with van der Waals surface area (Å²) >= 11 is 0. The van der Waals surface area contributed by atoms with Crippen LogP contribution in [0.3, 0.4) is 0 Å². The molecule has 4 bridgehead atoms. The van der Waals surface area contributed by atoms with Crippen LogP contribution in [-0.4, -0.2) is 47.4 Å². The lowest BCUT2D eigenvalue weighted by Gasteiger charge is -2.24. The van der Waals surface area contributed by atoms with Gasteiger partial charge in [0, 0.05) is 41.2 Å². The third-order valence-electron chi connectivity index (χ3n) is 6.84. The lowest BCUT2D eigenvalue weighted by Crippen LogP contribution is -2.55. The minimum atomic E-state index is -0.806. The highest BCUT2D eigenvalue weighted by molar-refractivity contribution is 6.07. The molecular weight excluding hydrogens is 466 g/mol. The second kappa shape index (κ2) is 12.1. The Bertz CT molecular complexity index is 1310. The molecule has 3 amide bonds. The minimum Gasteiger partial charge on any atom is -0.355 e. The lowest BCUT2D eigenvalue weighted by atomic mass is 10.0. The summed E-state index contributed by atoms with van der Waals surface area (Å²) < 4.78 is 0. The van der Waals surface area contributed by atoms with Crippen LogP contribution >= 0.6 is 0 Å². The zero-order valence-corrected chi connectivity index (χ0v) is 21.6. The molecule has 0 saturated heterocycles. The van der Waals surface area contributed by atoms with Gasteiger partial charge in [-0.3, -0.25) is 14.4 Å². The van der Waals surface area contributed by atoms with Crippen molar-refractivity contribution >= 4 is 39.5 Å². The van der Waals surface area contributed by atoms with Gasteiger partial charge in [0.2, 0.25) is 17.7 Å². The number of aromatic amines is 1. The fourth-order valence-electron chi connectivity index (χ4n) is 4.89. The maximum absolute atomic E-state index is 13.4. The number of nitrogens with one attached hydrogen (secondary N) is 4. The van der Waals surface area contributed by atoms with E-state index in [9.17, 15) is 14.4 Å². The number of carbonyl (C=O) groups excluding carboxylic acids is 3. The Kier molecular flexibility index (Phi) is 8.61. The van der Waals surface area contributed by atoms with Crippen LogP contribution in [0, 0.1) is 0 Å². The molecule has 0 saturated carbocycles. The van der Waals surface area contributed by atoms with Crippen LogP contribution in [0.1, 0.15) is 50.7 Å². The smallest absolute Gasteiger partial charge is 0.243 e. The first-order chi connectivity index (χ1) is 17.8. The first-order valence-electron chi connectivity index (χ1n) is 13.1. The van der Waals surface area contributed by atoms with Crippen LogP contribution in [0.2, 0.25) is 0 Å². The molecule has 0 radical (unpaired) electrons. The van der Waals surface area contributed by atoms with Gasteiger partial charge >= 0.3 is 0 Å². The molecule has 1 aromatic heterocycles. The van der Waals surface area contributed by atoms with Crippen LogP contribution in [0.25, 0.3) is 21.8 Å². The van der Waals surface area contributed by atoms with E-state index in [4.69, 9.17) is 5.73 Å². The van der Waals surface area contributed by atoms with Crippen molar-refractivity contribution in [2.24, 2.45) is 5.73 Å². The van der Waals surface area contributed by atoms with Gasteiger partial charge in [0.25, 0.3) is 0 Å². The van der Waals surface area contributed by atoms with Gasteiger partial charge in [0.15, 0.2) is 0 Å². The second-order valence-electron chi connectivity index (χ2n) is 10.0. The molecule has 8 nitrogen and oxygen atoms in total. The molecule has 8 heteroatoms. The number of fused-ring (bicyclic) bond motifs is 2. The first kappa shape index (κ1) is 26.4. The molecule has 2 heterocycles. The molecule has 0 aliphatic carbocycles. The van der Waals surface area contributed by atoms with Crippen molar-refractivity contribution in [1.82, 2.24) is 20.9 Å². The lowest BCUT2D eigenvalue weighted by molar-refractivity contribution is -0.132. The highest BCUT2D eigenvalue weighted by atomic mass is 16.2. The van der Waals surface area contributed by atoms with Crippen LogP contribution in [0.4, 0.5) is 0 Å². The fourth-order valence-corrected chi connectivity index (χ4v) is 4.89. The predicted molar refractivity (Wildman–Crippen MR) is 147 cm³/mol. The average molecular weight is 504 g/mol. The quantitative estimate of drug-likeness (QED) is 0.271. The number of unbranched alkanes of at least 4 members (excludes halogenated alkanes) is 1. The third kappa shape index (κ3) is 6.77. The molecule has 1 aliphatic heterocycles. The van der Waals surface area contributed by atoms with E-state index >= 15 is 0 Å². The Morgan fingerprint density at radius 2 is 1.68 bits per heavy atom. The molecule has 196 valence electrons. The maximum atomic E-state index is 13.4. The van der Waals surface area contributed by atoms with Crippen molar-refractivity contribution in [3.05, 3.63) is 59.7 Å². The summed E-state index contributed by atoms with van der Waals surface area (Å²) in [5.74, 6) is -0.902. The van der Waals surface area contributed by atoms with E-state index in [1.807, 2.05) is 19.1 Å². The summed E-state index contributed by atoms with van der Waals surface area (Å²) in [7, 11) is 0. The predicted octanol–water partition coefficient (Wildman–Crippen LogP) is 2.99. The Labute approximate surface area is 217 Å². The molecule has 6 N–H and O–H groups in total. The fraction of sp³-hybridized carbons (Fsp3) is 0.414. The van der Waals surface area contributed by atoms with Crippen molar-refractivity contribution in [3.63, 3.8) is 0 Å². The van der Waals surface area contributed by atoms with Gasteiger partial charge < -0.3 is 26.7 Å². The van der Waals surface area contributed by atoms with Crippen LogP contribution in [0.15, 0.2) is 48.6 Å². The van der Waals surface area contributed by atoms with Crippen LogP contribution in [-0.2, 0) is 27.2 Å². The van der Waals surface area contributed by atoms with Gasteiger partial charge in [-0.1, -0.05) is 24.3 Å². The summed E-state index contributed by atoms with van der Waals surface area (Å²) in [6.07, 6.45) is 7.96. The van der Waals surface area contributed by atoms with E-state index in [0.717, 1.165) is 40.2 Å².